The van der Waals surface area contributed by atoms with Crippen LogP contribution in [0, 0.1) is 5.82 Å². The Hall–Kier alpha value is -1.24. The van der Waals surface area contributed by atoms with Crippen molar-refractivity contribution in [2.75, 3.05) is 0 Å². The molecule has 1 atom stereocenters. The van der Waals surface area contributed by atoms with Crippen molar-refractivity contribution < 1.29 is 4.39 Å². The van der Waals surface area contributed by atoms with Gasteiger partial charge in [-0.25, -0.2) is 14.8 Å². The molecule has 0 amide bonds. The molecule has 6 heteroatoms. The lowest BCUT2D eigenvalue weighted by atomic mass is 10.1. The van der Waals surface area contributed by atoms with E-state index in [4.69, 9.17) is 5.84 Å². The van der Waals surface area contributed by atoms with Crippen molar-refractivity contribution in [1.82, 2.24) is 15.4 Å². The summed E-state index contributed by atoms with van der Waals surface area (Å²) in [5, 5.41) is 0. The highest BCUT2D eigenvalue weighted by atomic mass is 79.9. The third kappa shape index (κ3) is 1.99. The first kappa shape index (κ1) is 11.3. The maximum Gasteiger partial charge on any atom is 0.142 e. The van der Waals surface area contributed by atoms with E-state index in [9.17, 15) is 4.39 Å². The van der Waals surface area contributed by atoms with Crippen LogP contribution in [0.3, 0.4) is 0 Å². The lowest BCUT2D eigenvalue weighted by molar-refractivity contribution is 0.543. The number of H-pyrrole nitrogens is 1. The summed E-state index contributed by atoms with van der Waals surface area (Å²) >= 11 is 3.13. The zero-order valence-corrected chi connectivity index (χ0v) is 9.83. The zero-order chi connectivity index (χ0) is 11.5. The highest BCUT2D eigenvalue weighted by Crippen LogP contribution is 2.26. The van der Waals surface area contributed by atoms with Crippen molar-refractivity contribution in [2.24, 2.45) is 5.84 Å². The van der Waals surface area contributed by atoms with Crippen LogP contribution in [0.2, 0.25) is 0 Å². The fourth-order valence-corrected chi connectivity index (χ4v) is 1.88. The average molecular weight is 285 g/mol. The number of nitrogens with two attached hydrogens (primary N) is 1. The number of halogens is 2. The zero-order valence-electron chi connectivity index (χ0n) is 8.24. The predicted molar refractivity (Wildman–Crippen MR) is 61.9 cm³/mol. The number of imidazole rings is 1. The minimum atomic E-state index is -0.493. The first-order valence-corrected chi connectivity index (χ1v) is 5.42. The van der Waals surface area contributed by atoms with Gasteiger partial charge in [0.05, 0.1) is 4.47 Å². The molecule has 1 aromatic heterocycles. The fourth-order valence-electron chi connectivity index (χ4n) is 1.49. The van der Waals surface area contributed by atoms with Gasteiger partial charge in [0.2, 0.25) is 0 Å². The number of aromatic nitrogens is 2. The van der Waals surface area contributed by atoms with E-state index in [0.717, 1.165) is 0 Å². The van der Waals surface area contributed by atoms with Gasteiger partial charge in [-0.15, -0.1) is 0 Å². The number of rotatable bonds is 3. The Bertz CT molecular complexity index is 472. The van der Waals surface area contributed by atoms with Gasteiger partial charge in [-0.2, -0.15) is 0 Å². The van der Waals surface area contributed by atoms with Crippen LogP contribution in [0.25, 0.3) is 0 Å². The summed E-state index contributed by atoms with van der Waals surface area (Å²) in [4.78, 5) is 6.95. The summed E-state index contributed by atoms with van der Waals surface area (Å²) in [6, 6.07) is 4.55. The van der Waals surface area contributed by atoms with Crippen LogP contribution in [-0.4, -0.2) is 9.97 Å². The smallest absolute Gasteiger partial charge is 0.142 e. The maximum absolute atomic E-state index is 13.8. The number of benzene rings is 1. The summed E-state index contributed by atoms with van der Waals surface area (Å²) in [6.07, 6.45) is 3.26. The Kier molecular flexibility index (Phi) is 3.33. The van der Waals surface area contributed by atoms with Crippen LogP contribution in [0.1, 0.15) is 17.4 Å². The largest absolute Gasteiger partial charge is 0.347 e. The monoisotopic (exact) mass is 284 g/mol. The van der Waals surface area contributed by atoms with E-state index in [-0.39, 0.29) is 5.82 Å². The number of nitrogens with one attached hydrogen (secondary N) is 2. The molecule has 1 aromatic carbocycles. The Morgan fingerprint density at radius 1 is 1.50 bits per heavy atom. The second-order valence-electron chi connectivity index (χ2n) is 3.22. The molecule has 4 nitrogen and oxygen atoms in total. The highest BCUT2D eigenvalue weighted by molar-refractivity contribution is 9.10. The third-order valence-corrected chi connectivity index (χ3v) is 2.86. The number of hydrogen-bond donors (Lipinski definition) is 3. The summed E-state index contributed by atoms with van der Waals surface area (Å²) in [6.45, 7) is 0. The lowest BCUT2D eigenvalue weighted by Crippen LogP contribution is -2.30. The van der Waals surface area contributed by atoms with Crippen LogP contribution in [0.5, 0.6) is 0 Å². The second kappa shape index (κ2) is 4.73. The number of hydrazine groups is 1. The second-order valence-corrected chi connectivity index (χ2v) is 4.07. The molecule has 84 valence electrons. The molecule has 0 saturated heterocycles. The van der Waals surface area contributed by atoms with E-state index in [1.165, 1.54) is 0 Å². The SMILES string of the molecule is NNC(c1ncc[nH]1)c1cccc(Br)c1F. The van der Waals surface area contributed by atoms with E-state index in [1.807, 2.05) is 0 Å². The van der Waals surface area contributed by atoms with E-state index < -0.39 is 6.04 Å². The van der Waals surface area contributed by atoms with Crippen LogP contribution in [0.15, 0.2) is 35.1 Å². The van der Waals surface area contributed by atoms with Gasteiger partial charge >= 0.3 is 0 Å². The third-order valence-electron chi connectivity index (χ3n) is 2.25. The summed E-state index contributed by atoms with van der Waals surface area (Å²) in [5.74, 6) is 5.65. The Morgan fingerprint density at radius 3 is 2.94 bits per heavy atom. The molecule has 0 aliphatic rings. The Balaban J connectivity index is 2.45. The highest BCUT2D eigenvalue weighted by Gasteiger charge is 2.19. The average Bonchev–Trinajstić information content (AvgIpc) is 2.79. The minimum absolute atomic E-state index is 0.346. The van der Waals surface area contributed by atoms with Gasteiger partial charge in [-0.1, -0.05) is 12.1 Å². The normalized spacial score (nSPS) is 12.7. The number of nitrogens with zero attached hydrogens (tertiary/aromatic N) is 1. The van der Waals surface area contributed by atoms with Crippen molar-refractivity contribution in [1.29, 1.82) is 0 Å². The predicted octanol–water partition coefficient (Wildman–Crippen LogP) is 1.86. The van der Waals surface area contributed by atoms with Gasteiger partial charge in [-0.3, -0.25) is 5.84 Å². The number of hydrogen-bond acceptors (Lipinski definition) is 3. The maximum atomic E-state index is 13.8. The molecule has 4 N–H and O–H groups in total. The molecule has 0 aliphatic carbocycles. The summed E-state index contributed by atoms with van der Waals surface area (Å²) in [5.41, 5.74) is 2.97. The van der Waals surface area contributed by atoms with Crippen molar-refractivity contribution in [2.45, 2.75) is 6.04 Å². The molecular formula is C10H10BrFN4. The Morgan fingerprint density at radius 2 is 2.31 bits per heavy atom. The van der Waals surface area contributed by atoms with E-state index in [2.05, 4.69) is 31.3 Å². The van der Waals surface area contributed by atoms with Crippen LogP contribution >= 0.6 is 15.9 Å². The van der Waals surface area contributed by atoms with Gasteiger partial charge in [0.25, 0.3) is 0 Å². The lowest BCUT2D eigenvalue weighted by Gasteiger charge is -2.15. The van der Waals surface area contributed by atoms with Crippen molar-refractivity contribution >= 4 is 15.9 Å². The van der Waals surface area contributed by atoms with Crippen LogP contribution < -0.4 is 11.3 Å². The minimum Gasteiger partial charge on any atom is -0.347 e. The van der Waals surface area contributed by atoms with Gasteiger partial charge in [0.15, 0.2) is 0 Å². The molecule has 1 heterocycles. The first-order chi connectivity index (χ1) is 7.74. The van der Waals surface area contributed by atoms with E-state index >= 15 is 0 Å². The Labute approximate surface area is 100 Å². The van der Waals surface area contributed by atoms with Gasteiger partial charge in [0, 0.05) is 18.0 Å². The van der Waals surface area contributed by atoms with E-state index in [1.54, 1.807) is 30.6 Å². The van der Waals surface area contributed by atoms with Crippen molar-refractivity contribution in [3.63, 3.8) is 0 Å². The van der Waals surface area contributed by atoms with Crippen LogP contribution in [-0.2, 0) is 0 Å². The molecule has 1 unspecified atom stereocenters. The molecule has 0 radical (unpaired) electrons. The molecule has 0 spiro atoms. The molecular weight excluding hydrogens is 275 g/mol. The molecule has 0 aliphatic heterocycles. The first-order valence-electron chi connectivity index (χ1n) is 4.63. The fraction of sp³-hybridized carbons (Fsp3) is 0.100. The molecule has 2 aromatic rings. The van der Waals surface area contributed by atoms with Gasteiger partial charge in [0.1, 0.15) is 17.7 Å². The topological polar surface area (TPSA) is 66.7 Å². The molecule has 0 fully saturated rings. The van der Waals surface area contributed by atoms with Gasteiger partial charge in [-0.05, 0) is 22.0 Å². The van der Waals surface area contributed by atoms with Crippen molar-refractivity contribution in [3.05, 3.63) is 52.3 Å². The molecule has 2 rings (SSSR count). The standard InChI is InChI=1S/C10H10BrFN4/c11-7-3-1-2-6(8(7)12)9(16-13)10-14-4-5-15-10/h1-5,9,16H,13H2,(H,14,15). The van der Waals surface area contributed by atoms with Gasteiger partial charge < -0.3 is 4.98 Å². The van der Waals surface area contributed by atoms with Crippen molar-refractivity contribution in [3.8, 4) is 0 Å². The van der Waals surface area contributed by atoms with E-state index in [0.29, 0.717) is 15.9 Å². The van der Waals surface area contributed by atoms with Crippen LogP contribution in [0.4, 0.5) is 4.39 Å². The quantitative estimate of drug-likeness (QED) is 0.595. The molecule has 16 heavy (non-hydrogen) atoms. The summed E-state index contributed by atoms with van der Waals surface area (Å²) in [7, 11) is 0. The summed E-state index contributed by atoms with van der Waals surface area (Å²) < 4.78 is 14.2. The molecule has 0 bridgehead atoms. The molecule has 0 saturated carbocycles. The number of aromatic amines is 1.